The second-order valence-electron chi connectivity index (χ2n) is 9.70. The van der Waals surface area contributed by atoms with Gasteiger partial charge in [-0.05, 0) is 44.0 Å². The lowest BCUT2D eigenvalue weighted by molar-refractivity contribution is 0.0385. The van der Waals surface area contributed by atoms with Crippen LogP contribution in [0.1, 0.15) is 42.3 Å². The van der Waals surface area contributed by atoms with Gasteiger partial charge < -0.3 is 19.1 Å². The molecule has 0 spiro atoms. The fourth-order valence-corrected chi connectivity index (χ4v) is 4.96. The molecule has 7 heteroatoms. The smallest absolute Gasteiger partial charge is 0.411 e. The first-order chi connectivity index (χ1) is 15.7. The first-order valence-electron chi connectivity index (χ1n) is 11.1. The van der Waals surface area contributed by atoms with E-state index in [4.69, 9.17) is 14.2 Å². The van der Waals surface area contributed by atoms with Crippen LogP contribution in [0.2, 0.25) is 0 Å². The van der Waals surface area contributed by atoms with Crippen molar-refractivity contribution < 1.29 is 23.8 Å². The highest BCUT2D eigenvalue weighted by Gasteiger charge is 2.66. The van der Waals surface area contributed by atoms with E-state index in [1.54, 1.807) is 11.0 Å². The lowest BCUT2D eigenvalue weighted by Crippen LogP contribution is -2.39. The van der Waals surface area contributed by atoms with Crippen molar-refractivity contribution in [3.63, 3.8) is 0 Å². The quantitative estimate of drug-likeness (QED) is 0.514. The van der Waals surface area contributed by atoms with Crippen molar-refractivity contribution >= 4 is 23.3 Å². The minimum Gasteiger partial charge on any atom is -0.488 e. The number of nitrogens with zero attached hydrogens (tertiary/aromatic N) is 2. The van der Waals surface area contributed by atoms with Crippen LogP contribution in [-0.2, 0) is 16.1 Å². The second kappa shape index (κ2) is 7.54. The van der Waals surface area contributed by atoms with Gasteiger partial charge in [-0.1, -0.05) is 36.9 Å². The van der Waals surface area contributed by atoms with Gasteiger partial charge in [0.2, 0.25) is 0 Å². The van der Waals surface area contributed by atoms with Crippen LogP contribution in [-0.4, -0.2) is 54.3 Å². The molecule has 2 saturated heterocycles. The molecule has 2 fully saturated rings. The molecule has 3 aliphatic heterocycles. The normalized spacial score (nSPS) is 22.4. The Morgan fingerprint density at radius 2 is 1.88 bits per heavy atom. The van der Waals surface area contributed by atoms with Gasteiger partial charge in [0.1, 0.15) is 18.0 Å². The largest absolute Gasteiger partial charge is 0.488 e. The van der Waals surface area contributed by atoms with E-state index in [0.717, 1.165) is 22.4 Å². The van der Waals surface area contributed by atoms with E-state index >= 15 is 0 Å². The van der Waals surface area contributed by atoms with Gasteiger partial charge in [0.05, 0.1) is 30.8 Å². The molecule has 3 heterocycles. The lowest BCUT2D eigenvalue weighted by Gasteiger charge is -2.27. The number of anilines is 1. The highest BCUT2D eigenvalue weighted by Crippen LogP contribution is 2.55. The third-order valence-electron chi connectivity index (χ3n) is 6.36. The van der Waals surface area contributed by atoms with E-state index in [-0.39, 0.29) is 24.2 Å². The number of esters is 1. The molecular formula is C26H28N2O5. The zero-order valence-electron chi connectivity index (χ0n) is 19.3. The summed E-state index contributed by atoms with van der Waals surface area (Å²) in [7, 11) is 1.37. The Morgan fingerprint density at radius 3 is 2.55 bits per heavy atom. The van der Waals surface area contributed by atoms with E-state index in [2.05, 4.69) is 11.5 Å². The van der Waals surface area contributed by atoms with E-state index in [0.29, 0.717) is 24.5 Å². The standard InChI is InChI=1S/C26H28N2O5/c1-15-21-18(27-13-19-23(22(15)27)28(19)25(30)33-26(2,3)4)11-17(24(29)31-5)12-20(21)32-14-16-9-7-6-8-10-16/h6-12,19,22-23H,1,13-14H2,2-5H3/t19-,22+,23-,28?/m0/s1. The number of carbonyl (C=O) groups is 2. The van der Waals surface area contributed by atoms with Crippen molar-refractivity contribution in [1.82, 2.24) is 4.90 Å². The van der Waals surface area contributed by atoms with Gasteiger partial charge in [0.15, 0.2) is 0 Å². The first-order valence-corrected chi connectivity index (χ1v) is 11.1. The minimum absolute atomic E-state index is 0.00306. The topological polar surface area (TPSA) is 68.1 Å². The lowest BCUT2D eigenvalue weighted by atomic mass is 9.99. The maximum Gasteiger partial charge on any atom is 0.411 e. The number of ether oxygens (including phenoxy) is 3. The summed E-state index contributed by atoms with van der Waals surface area (Å²) in [5, 5.41) is 0. The van der Waals surface area contributed by atoms with Crippen molar-refractivity contribution in [1.29, 1.82) is 0 Å². The number of fused-ring (bicyclic) bond motifs is 5. The monoisotopic (exact) mass is 448 g/mol. The maximum absolute atomic E-state index is 12.7. The Morgan fingerprint density at radius 1 is 1.15 bits per heavy atom. The molecular weight excluding hydrogens is 420 g/mol. The maximum atomic E-state index is 12.7. The molecule has 0 aliphatic carbocycles. The van der Waals surface area contributed by atoms with E-state index in [1.165, 1.54) is 7.11 Å². The molecule has 7 nitrogen and oxygen atoms in total. The number of piperazine rings is 1. The molecule has 5 rings (SSSR count). The summed E-state index contributed by atoms with van der Waals surface area (Å²) in [6.07, 6.45) is -0.295. The highest BCUT2D eigenvalue weighted by atomic mass is 16.6. The molecule has 3 aliphatic rings. The van der Waals surface area contributed by atoms with Gasteiger partial charge in [-0.25, -0.2) is 9.59 Å². The number of amides is 1. The van der Waals surface area contributed by atoms with Crippen LogP contribution in [0, 0.1) is 0 Å². The van der Waals surface area contributed by atoms with E-state index in [1.807, 2.05) is 57.2 Å². The van der Waals surface area contributed by atoms with Crippen molar-refractivity contribution in [2.45, 2.75) is 51.1 Å². The number of rotatable bonds is 4. The Kier molecular flexibility index (Phi) is 4.88. The molecule has 0 unspecified atom stereocenters. The Bertz CT molecular complexity index is 1140. The van der Waals surface area contributed by atoms with Crippen LogP contribution in [0.15, 0.2) is 49.0 Å². The summed E-state index contributed by atoms with van der Waals surface area (Å²) in [4.78, 5) is 29.1. The Hall–Kier alpha value is -3.48. The number of hydrogen-bond donors (Lipinski definition) is 0. The summed E-state index contributed by atoms with van der Waals surface area (Å²) in [6, 6.07) is 13.4. The Balaban J connectivity index is 1.44. The van der Waals surface area contributed by atoms with Gasteiger partial charge >= 0.3 is 12.1 Å². The molecule has 0 bridgehead atoms. The zero-order valence-corrected chi connectivity index (χ0v) is 19.3. The predicted molar refractivity (Wildman–Crippen MR) is 124 cm³/mol. The molecule has 2 aromatic rings. The molecule has 0 radical (unpaired) electrons. The molecule has 0 aromatic heterocycles. The fourth-order valence-electron chi connectivity index (χ4n) is 4.96. The summed E-state index contributed by atoms with van der Waals surface area (Å²) < 4.78 is 16.8. The minimum atomic E-state index is -0.544. The first kappa shape index (κ1) is 21.4. The predicted octanol–water partition coefficient (Wildman–Crippen LogP) is 4.26. The molecule has 33 heavy (non-hydrogen) atoms. The SMILES string of the molecule is C=C1c2c(OCc3ccccc3)cc(C(=O)OC)cc2N2C[C@H]3[C@@H]([C@@H]12)N3C(=O)OC(C)(C)C. The number of carbonyl (C=O) groups excluding carboxylic acids is 2. The van der Waals surface area contributed by atoms with Crippen molar-refractivity contribution in [3.05, 3.63) is 65.7 Å². The molecule has 1 amide bonds. The summed E-state index contributed by atoms with van der Waals surface area (Å²) in [5.74, 6) is 0.174. The number of hydrogen-bond acceptors (Lipinski definition) is 6. The summed E-state index contributed by atoms with van der Waals surface area (Å²) in [5.41, 5.74) is 3.58. The van der Waals surface area contributed by atoms with E-state index < -0.39 is 11.6 Å². The van der Waals surface area contributed by atoms with E-state index in [9.17, 15) is 9.59 Å². The molecule has 3 atom stereocenters. The van der Waals surface area contributed by atoms with Gasteiger partial charge in [0, 0.05) is 17.8 Å². The summed E-state index contributed by atoms with van der Waals surface area (Å²) in [6.45, 7) is 11.0. The van der Waals surface area contributed by atoms with Crippen LogP contribution in [0.25, 0.3) is 5.57 Å². The van der Waals surface area contributed by atoms with Crippen LogP contribution in [0.4, 0.5) is 10.5 Å². The number of methoxy groups -OCH3 is 1. The average Bonchev–Trinajstić information content (AvgIpc) is 3.23. The molecule has 0 N–H and O–H groups in total. The third-order valence-corrected chi connectivity index (χ3v) is 6.36. The highest BCUT2D eigenvalue weighted by molar-refractivity contribution is 5.99. The zero-order chi connectivity index (χ0) is 23.5. The number of benzene rings is 2. The van der Waals surface area contributed by atoms with Crippen LogP contribution < -0.4 is 9.64 Å². The fraction of sp³-hybridized carbons (Fsp3) is 0.385. The third kappa shape index (κ3) is 3.61. The molecule has 2 aromatic carbocycles. The van der Waals surface area contributed by atoms with Crippen molar-refractivity contribution in [2.24, 2.45) is 0 Å². The van der Waals surface area contributed by atoms with Gasteiger partial charge in [0.25, 0.3) is 0 Å². The molecule has 0 saturated carbocycles. The van der Waals surface area contributed by atoms with Crippen molar-refractivity contribution in [3.8, 4) is 5.75 Å². The molecule has 172 valence electrons. The van der Waals surface area contributed by atoms with Crippen LogP contribution in [0.3, 0.4) is 0 Å². The van der Waals surface area contributed by atoms with Gasteiger partial charge in [-0.3, -0.25) is 4.90 Å². The second-order valence-corrected chi connectivity index (χ2v) is 9.70. The van der Waals surface area contributed by atoms with Gasteiger partial charge in [-0.15, -0.1) is 0 Å². The summed E-state index contributed by atoms with van der Waals surface area (Å²) >= 11 is 0. The van der Waals surface area contributed by atoms with Crippen LogP contribution >= 0.6 is 0 Å². The Labute approximate surface area is 193 Å². The van der Waals surface area contributed by atoms with Crippen LogP contribution in [0.5, 0.6) is 5.75 Å². The average molecular weight is 449 g/mol. The van der Waals surface area contributed by atoms with Gasteiger partial charge in [-0.2, -0.15) is 0 Å². The van der Waals surface area contributed by atoms with Crippen molar-refractivity contribution in [2.75, 3.05) is 18.6 Å².